The summed E-state index contributed by atoms with van der Waals surface area (Å²) in [4.78, 5) is 0. The summed E-state index contributed by atoms with van der Waals surface area (Å²) >= 11 is 0. The lowest BCUT2D eigenvalue weighted by molar-refractivity contribution is 0.00682. The van der Waals surface area contributed by atoms with Crippen LogP contribution in [0.15, 0.2) is 18.5 Å². The molecule has 2 heterocycles. The van der Waals surface area contributed by atoms with Gasteiger partial charge in [-0.15, -0.1) is 0 Å². The second kappa shape index (κ2) is 6.72. The van der Waals surface area contributed by atoms with Gasteiger partial charge in [0.1, 0.15) is 0 Å². The Bertz CT molecular complexity index is 383. The molecule has 1 aromatic rings. The van der Waals surface area contributed by atoms with Crippen molar-refractivity contribution < 1.29 is 4.74 Å². The van der Waals surface area contributed by atoms with Crippen LogP contribution in [0.25, 0.3) is 0 Å². The van der Waals surface area contributed by atoms with Gasteiger partial charge in [0.2, 0.25) is 0 Å². The lowest BCUT2D eigenvalue weighted by Crippen LogP contribution is -2.39. The van der Waals surface area contributed by atoms with E-state index in [1.165, 1.54) is 6.42 Å². The molecule has 0 aliphatic carbocycles. The van der Waals surface area contributed by atoms with Gasteiger partial charge in [-0.25, -0.2) is 0 Å². The van der Waals surface area contributed by atoms with Crippen molar-refractivity contribution in [1.82, 2.24) is 15.1 Å². The minimum atomic E-state index is 0.237. The van der Waals surface area contributed by atoms with Crippen molar-refractivity contribution in [3.05, 3.63) is 18.5 Å². The number of nitrogens with one attached hydrogen (secondary N) is 1. The first-order valence-electron chi connectivity index (χ1n) is 7.79. The van der Waals surface area contributed by atoms with Crippen LogP contribution in [0, 0.1) is 11.3 Å². The van der Waals surface area contributed by atoms with E-state index in [-0.39, 0.29) is 5.41 Å². The molecule has 4 heteroatoms. The maximum atomic E-state index is 5.93. The third kappa shape index (κ3) is 4.32. The third-order valence-corrected chi connectivity index (χ3v) is 4.15. The van der Waals surface area contributed by atoms with E-state index in [1.807, 2.05) is 23.1 Å². The molecule has 0 amide bonds. The predicted octanol–water partition coefficient (Wildman–Crippen LogP) is 2.70. The Balaban J connectivity index is 1.71. The van der Waals surface area contributed by atoms with E-state index in [0.717, 1.165) is 26.1 Å². The molecule has 2 rings (SSSR count). The summed E-state index contributed by atoms with van der Waals surface area (Å²) in [5.74, 6) is 0.641. The SMILES string of the molecule is CC(CCn1cccn1)NC[C@H]1CCO[C@@H]1C(C)(C)C. The van der Waals surface area contributed by atoms with E-state index < -0.39 is 0 Å². The second-order valence-corrected chi connectivity index (χ2v) is 7.07. The Morgan fingerprint density at radius 3 is 2.90 bits per heavy atom. The average Bonchev–Trinajstić information content (AvgIpc) is 3.03. The summed E-state index contributed by atoms with van der Waals surface area (Å²) in [5, 5.41) is 7.91. The van der Waals surface area contributed by atoms with Gasteiger partial charge >= 0.3 is 0 Å². The first kappa shape index (κ1) is 15.5. The first-order valence-corrected chi connectivity index (χ1v) is 7.79. The highest BCUT2D eigenvalue weighted by molar-refractivity contribution is 4.87. The van der Waals surface area contributed by atoms with Gasteiger partial charge in [-0.05, 0) is 31.2 Å². The molecule has 1 fully saturated rings. The minimum Gasteiger partial charge on any atom is -0.377 e. The number of hydrogen-bond donors (Lipinski definition) is 1. The summed E-state index contributed by atoms with van der Waals surface area (Å²) in [6, 6.07) is 2.49. The molecule has 3 atom stereocenters. The summed E-state index contributed by atoms with van der Waals surface area (Å²) in [7, 11) is 0. The average molecular weight is 279 g/mol. The molecule has 1 aliphatic rings. The minimum absolute atomic E-state index is 0.237. The molecule has 1 aliphatic heterocycles. The van der Waals surface area contributed by atoms with Gasteiger partial charge in [-0.2, -0.15) is 5.10 Å². The highest BCUT2D eigenvalue weighted by atomic mass is 16.5. The van der Waals surface area contributed by atoms with E-state index >= 15 is 0 Å². The van der Waals surface area contributed by atoms with Gasteiger partial charge in [0.15, 0.2) is 0 Å². The molecule has 114 valence electrons. The quantitative estimate of drug-likeness (QED) is 0.870. The van der Waals surface area contributed by atoms with E-state index in [1.54, 1.807) is 0 Å². The second-order valence-electron chi connectivity index (χ2n) is 7.07. The molecule has 20 heavy (non-hydrogen) atoms. The van der Waals surface area contributed by atoms with Gasteiger partial charge in [0, 0.05) is 44.0 Å². The van der Waals surface area contributed by atoms with Crippen LogP contribution in [0.2, 0.25) is 0 Å². The summed E-state index contributed by atoms with van der Waals surface area (Å²) < 4.78 is 7.92. The Hall–Kier alpha value is -0.870. The van der Waals surface area contributed by atoms with Gasteiger partial charge in [-0.1, -0.05) is 20.8 Å². The van der Waals surface area contributed by atoms with Crippen LogP contribution < -0.4 is 5.32 Å². The standard InChI is InChI=1S/C16H29N3O/c1-13(6-10-19-9-5-8-18-19)17-12-14-7-11-20-15(14)16(2,3)4/h5,8-9,13-15,17H,6-7,10-12H2,1-4H3/t13?,14-,15+/m1/s1. The van der Waals surface area contributed by atoms with Crippen molar-refractivity contribution in [2.45, 2.75) is 59.2 Å². The van der Waals surface area contributed by atoms with Crippen molar-refractivity contribution in [2.75, 3.05) is 13.2 Å². The smallest absolute Gasteiger partial charge is 0.0664 e. The highest BCUT2D eigenvalue weighted by Crippen LogP contribution is 2.34. The Morgan fingerprint density at radius 2 is 2.25 bits per heavy atom. The highest BCUT2D eigenvalue weighted by Gasteiger charge is 2.36. The maximum absolute atomic E-state index is 5.93. The fourth-order valence-electron chi connectivity index (χ4n) is 3.01. The number of aromatic nitrogens is 2. The molecule has 0 radical (unpaired) electrons. The van der Waals surface area contributed by atoms with Crippen LogP contribution in [-0.2, 0) is 11.3 Å². The fraction of sp³-hybridized carbons (Fsp3) is 0.812. The lowest BCUT2D eigenvalue weighted by Gasteiger charge is -2.31. The molecular formula is C16H29N3O. The molecule has 1 N–H and O–H groups in total. The van der Waals surface area contributed by atoms with Crippen LogP contribution in [0.3, 0.4) is 0 Å². The first-order chi connectivity index (χ1) is 9.47. The van der Waals surface area contributed by atoms with Crippen molar-refractivity contribution in [3.8, 4) is 0 Å². The van der Waals surface area contributed by atoms with Crippen molar-refractivity contribution in [1.29, 1.82) is 0 Å². The Kier molecular flexibility index (Phi) is 5.22. The van der Waals surface area contributed by atoms with Crippen LogP contribution >= 0.6 is 0 Å². The van der Waals surface area contributed by atoms with Gasteiger partial charge in [0.25, 0.3) is 0 Å². The molecule has 1 saturated heterocycles. The number of rotatable bonds is 6. The Labute approximate surface area is 122 Å². The zero-order valence-corrected chi connectivity index (χ0v) is 13.3. The largest absolute Gasteiger partial charge is 0.377 e. The monoisotopic (exact) mass is 279 g/mol. The molecule has 0 bridgehead atoms. The van der Waals surface area contributed by atoms with Crippen molar-refractivity contribution in [2.24, 2.45) is 11.3 Å². The molecule has 0 aromatic carbocycles. The van der Waals surface area contributed by atoms with Gasteiger partial charge in [-0.3, -0.25) is 4.68 Å². The van der Waals surface area contributed by atoms with E-state index in [0.29, 0.717) is 18.1 Å². The number of aryl methyl sites for hydroxylation is 1. The molecule has 4 nitrogen and oxygen atoms in total. The van der Waals surface area contributed by atoms with Gasteiger partial charge in [0.05, 0.1) is 6.10 Å². The molecule has 1 aromatic heterocycles. The fourth-order valence-corrected chi connectivity index (χ4v) is 3.01. The summed E-state index contributed by atoms with van der Waals surface area (Å²) in [6.45, 7) is 12.0. The molecule has 0 spiro atoms. The molecular weight excluding hydrogens is 250 g/mol. The third-order valence-electron chi connectivity index (χ3n) is 4.15. The zero-order valence-electron chi connectivity index (χ0n) is 13.3. The summed E-state index contributed by atoms with van der Waals surface area (Å²) in [6.07, 6.45) is 6.53. The van der Waals surface area contributed by atoms with Crippen LogP contribution in [0.1, 0.15) is 40.5 Å². The summed E-state index contributed by atoms with van der Waals surface area (Å²) in [5.41, 5.74) is 0.237. The van der Waals surface area contributed by atoms with E-state index in [2.05, 4.69) is 38.1 Å². The number of ether oxygens (including phenoxy) is 1. The number of hydrogen-bond acceptors (Lipinski definition) is 3. The molecule has 1 unspecified atom stereocenters. The number of nitrogens with zero attached hydrogens (tertiary/aromatic N) is 2. The van der Waals surface area contributed by atoms with E-state index in [4.69, 9.17) is 4.74 Å². The van der Waals surface area contributed by atoms with Crippen LogP contribution in [0.5, 0.6) is 0 Å². The normalized spacial score (nSPS) is 25.0. The zero-order chi connectivity index (χ0) is 14.6. The topological polar surface area (TPSA) is 39.1 Å². The Morgan fingerprint density at radius 1 is 1.45 bits per heavy atom. The van der Waals surface area contributed by atoms with Crippen molar-refractivity contribution >= 4 is 0 Å². The van der Waals surface area contributed by atoms with Crippen molar-refractivity contribution in [3.63, 3.8) is 0 Å². The van der Waals surface area contributed by atoms with Crippen LogP contribution in [-0.4, -0.2) is 35.1 Å². The molecule has 0 saturated carbocycles. The van der Waals surface area contributed by atoms with Gasteiger partial charge < -0.3 is 10.1 Å². The van der Waals surface area contributed by atoms with Crippen LogP contribution in [0.4, 0.5) is 0 Å². The predicted molar refractivity (Wildman–Crippen MR) is 81.6 cm³/mol. The lowest BCUT2D eigenvalue weighted by atomic mass is 9.81. The maximum Gasteiger partial charge on any atom is 0.0664 e. The van der Waals surface area contributed by atoms with E-state index in [9.17, 15) is 0 Å².